The lowest BCUT2D eigenvalue weighted by Gasteiger charge is -2.39. The van der Waals surface area contributed by atoms with Gasteiger partial charge in [0.15, 0.2) is 0 Å². The monoisotopic (exact) mass is 334 g/mol. The Morgan fingerprint density at radius 3 is 2.57 bits per heavy atom. The van der Waals surface area contributed by atoms with Crippen LogP contribution in [0.15, 0.2) is 41.8 Å². The molecule has 1 aromatic rings. The minimum atomic E-state index is 0.269. The standard InChI is InChI=1S/C19H27ClN2O/c1-5-10-22(4)19(21-23-15(3)13-20)18-11-17(12-18)16-8-6-14(2)7-9-16/h6-9,17-18H,3,5,10-13H2,1-2,4H3/b21-19-. The summed E-state index contributed by atoms with van der Waals surface area (Å²) in [7, 11) is 2.08. The van der Waals surface area contributed by atoms with E-state index in [1.54, 1.807) is 0 Å². The number of hydrogen-bond acceptors (Lipinski definition) is 2. The fraction of sp³-hybridized carbons (Fsp3) is 0.526. The van der Waals surface area contributed by atoms with Crippen LogP contribution in [0.5, 0.6) is 0 Å². The number of halogens is 1. The van der Waals surface area contributed by atoms with E-state index in [2.05, 4.69) is 61.8 Å². The molecule has 2 rings (SSSR count). The molecule has 1 aliphatic rings. The first-order valence-electron chi connectivity index (χ1n) is 8.31. The van der Waals surface area contributed by atoms with Crippen LogP contribution in [0.1, 0.15) is 43.2 Å². The first-order chi connectivity index (χ1) is 11.0. The van der Waals surface area contributed by atoms with Crippen molar-refractivity contribution in [3.63, 3.8) is 0 Å². The van der Waals surface area contributed by atoms with Gasteiger partial charge in [-0.25, -0.2) is 0 Å². The lowest BCUT2D eigenvalue weighted by Crippen LogP contribution is -2.40. The predicted molar refractivity (Wildman–Crippen MR) is 97.9 cm³/mol. The Morgan fingerprint density at radius 2 is 2.00 bits per heavy atom. The smallest absolute Gasteiger partial charge is 0.147 e. The van der Waals surface area contributed by atoms with Crippen LogP contribution < -0.4 is 0 Å². The summed E-state index contributed by atoms with van der Waals surface area (Å²) < 4.78 is 0. The molecule has 1 aliphatic carbocycles. The molecule has 1 aromatic carbocycles. The van der Waals surface area contributed by atoms with Gasteiger partial charge in [-0.1, -0.05) is 48.5 Å². The van der Waals surface area contributed by atoms with Gasteiger partial charge in [0.1, 0.15) is 11.6 Å². The molecule has 4 heteroatoms. The van der Waals surface area contributed by atoms with E-state index < -0.39 is 0 Å². The maximum atomic E-state index is 5.71. The summed E-state index contributed by atoms with van der Waals surface area (Å²) in [5, 5.41) is 4.34. The van der Waals surface area contributed by atoms with Crippen molar-refractivity contribution in [1.29, 1.82) is 0 Å². The number of hydrogen-bond donors (Lipinski definition) is 0. The molecule has 126 valence electrons. The van der Waals surface area contributed by atoms with Crippen molar-refractivity contribution in [3.8, 4) is 0 Å². The molecule has 0 spiro atoms. The lowest BCUT2D eigenvalue weighted by atomic mass is 9.70. The average molecular weight is 335 g/mol. The zero-order valence-corrected chi connectivity index (χ0v) is 15.1. The molecule has 0 atom stereocenters. The van der Waals surface area contributed by atoms with Gasteiger partial charge < -0.3 is 9.74 Å². The van der Waals surface area contributed by atoms with Crippen molar-refractivity contribution in [2.24, 2.45) is 11.1 Å². The number of amidine groups is 1. The summed E-state index contributed by atoms with van der Waals surface area (Å²) in [5.74, 6) is 2.84. The largest absolute Gasteiger partial charge is 0.360 e. The second kappa shape index (κ2) is 8.39. The van der Waals surface area contributed by atoms with E-state index >= 15 is 0 Å². The fourth-order valence-corrected chi connectivity index (χ4v) is 3.03. The molecule has 0 amide bonds. The van der Waals surface area contributed by atoms with Gasteiger partial charge in [0, 0.05) is 19.5 Å². The highest BCUT2D eigenvalue weighted by atomic mass is 35.5. The number of nitrogens with zero attached hydrogens (tertiary/aromatic N) is 2. The van der Waals surface area contributed by atoms with E-state index in [0.29, 0.717) is 17.6 Å². The summed E-state index contributed by atoms with van der Waals surface area (Å²) in [6.45, 7) is 9.01. The number of aryl methyl sites for hydroxylation is 1. The van der Waals surface area contributed by atoms with E-state index in [0.717, 1.165) is 31.6 Å². The van der Waals surface area contributed by atoms with Crippen molar-refractivity contribution in [2.75, 3.05) is 19.5 Å². The van der Waals surface area contributed by atoms with Crippen LogP contribution >= 0.6 is 11.6 Å². The van der Waals surface area contributed by atoms with Crippen molar-refractivity contribution in [3.05, 3.63) is 47.7 Å². The Morgan fingerprint density at radius 1 is 1.35 bits per heavy atom. The molecule has 0 unspecified atom stereocenters. The average Bonchev–Trinajstić information content (AvgIpc) is 2.50. The summed E-state index contributed by atoms with van der Waals surface area (Å²) in [6.07, 6.45) is 3.32. The second-order valence-electron chi connectivity index (χ2n) is 6.41. The van der Waals surface area contributed by atoms with Crippen LogP contribution in [0, 0.1) is 12.8 Å². The molecule has 1 fully saturated rings. The van der Waals surface area contributed by atoms with Gasteiger partial charge in [0.05, 0.1) is 5.88 Å². The highest BCUT2D eigenvalue weighted by Crippen LogP contribution is 2.42. The lowest BCUT2D eigenvalue weighted by molar-refractivity contribution is 0.211. The predicted octanol–water partition coefficient (Wildman–Crippen LogP) is 4.91. The van der Waals surface area contributed by atoms with Crippen LogP contribution in [0.4, 0.5) is 0 Å². The Bertz CT molecular complexity index is 547. The van der Waals surface area contributed by atoms with Crippen molar-refractivity contribution in [1.82, 2.24) is 4.90 Å². The number of alkyl halides is 1. The van der Waals surface area contributed by atoms with E-state index in [1.165, 1.54) is 11.1 Å². The molecule has 0 bridgehead atoms. The SMILES string of the molecule is C=C(CCl)O/N=C(/C1CC(c2ccc(C)cc2)C1)N(C)CCC. The molecule has 1 saturated carbocycles. The van der Waals surface area contributed by atoms with Crippen LogP contribution in [0.2, 0.25) is 0 Å². The molecular formula is C19H27ClN2O. The molecule has 23 heavy (non-hydrogen) atoms. The Balaban J connectivity index is 2.01. The van der Waals surface area contributed by atoms with E-state index in [1.807, 2.05) is 0 Å². The highest BCUT2D eigenvalue weighted by molar-refractivity contribution is 6.19. The van der Waals surface area contributed by atoms with Crippen LogP contribution in [-0.2, 0) is 4.84 Å². The molecule has 0 N–H and O–H groups in total. The summed E-state index contributed by atoms with van der Waals surface area (Å²) in [5.41, 5.74) is 2.73. The first-order valence-corrected chi connectivity index (χ1v) is 8.85. The van der Waals surface area contributed by atoms with Gasteiger partial charge in [0.2, 0.25) is 0 Å². The summed E-state index contributed by atoms with van der Waals surface area (Å²) in [6, 6.07) is 8.87. The topological polar surface area (TPSA) is 24.8 Å². The fourth-order valence-electron chi connectivity index (χ4n) is 2.98. The van der Waals surface area contributed by atoms with Crippen LogP contribution in [0.3, 0.4) is 0 Å². The molecule has 0 saturated heterocycles. The molecule has 0 heterocycles. The van der Waals surface area contributed by atoms with Crippen molar-refractivity contribution >= 4 is 17.4 Å². The van der Waals surface area contributed by atoms with Crippen molar-refractivity contribution in [2.45, 2.75) is 39.0 Å². The second-order valence-corrected chi connectivity index (χ2v) is 6.68. The van der Waals surface area contributed by atoms with E-state index in [4.69, 9.17) is 16.4 Å². The number of benzene rings is 1. The Labute approximate surface area is 145 Å². The van der Waals surface area contributed by atoms with Gasteiger partial charge in [-0.3, -0.25) is 0 Å². The Hall–Kier alpha value is -1.48. The molecule has 3 nitrogen and oxygen atoms in total. The van der Waals surface area contributed by atoms with Crippen molar-refractivity contribution < 1.29 is 4.84 Å². The molecule has 0 aromatic heterocycles. The van der Waals surface area contributed by atoms with Crippen LogP contribution in [-0.4, -0.2) is 30.2 Å². The maximum Gasteiger partial charge on any atom is 0.147 e. The van der Waals surface area contributed by atoms with Gasteiger partial charge in [0.25, 0.3) is 0 Å². The molecule has 0 radical (unpaired) electrons. The van der Waals surface area contributed by atoms with E-state index in [-0.39, 0.29) is 5.88 Å². The third-order valence-electron chi connectivity index (χ3n) is 4.42. The highest BCUT2D eigenvalue weighted by Gasteiger charge is 2.35. The Kier molecular flexibility index (Phi) is 6.52. The number of rotatable bonds is 7. The number of oxime groups is 1. The molecule has 0 aliphatic heterocycles. The van der Waals surface area contributed by atoms with Gasteiger partial charge in [-0.2, -0.15) is 0 Å². The van der Waals surface area contributed by atoms with Crippen LogP contribution in [0.25, 0.3) is 0 Å². The summed E-state index contributed by atoms with van der Waals surface area (Å²) in [4.78, 5) is 7.55. The normalized spacial score (nSPS) is 20.8. The van der Waals surface area contributed by atoms with Gasteiger partial charge >= 0.3 is 0 Å². The third-order valence-corrected chi connectivity index (χ3v) is 4.72. The first kappa shape index (κ1) is 17.9. The van der Waals surface area contributed by atoms with E-state index in [9.17, 15) is 0 Å². The molecular weight excluding hydrogens is 308 g/mol. The van der Waals surface area contributed by atoms with Gasteiger partial charge in [-0.05, 0) is 37.7 Å². The quantitative estimate of drug-likeness (QED) is 0.232. The number of allylic oxidation sites excluding steroid dienone is 1. The maximum absolute atomic E-state index is 5.71. The zero-order chi connectivity index (χ0) is 16.8. The zero-order valence-electron chi connectivity index (χ0n) is 14.4. The minimum absolute atomic E-state index is 0.269. The summed E-state index contributed by atoms with van der Waals surface area (Å²) >= 11 is 5.71. The minimum Gasteiger partial charge on any atom is -0.360 e. The third kappa shape index (κ3) is 4.74. The van der Waals surface area contributed by atoms with Gasteiger partial charge in [-0.15, -0.1) is 11.6 Å².